The second kappa shape index (κ2) is 8.41. The van der Waals surface area contributed by atoms with Crippen molar-refractivity contribution in [3.63, 3.8) is 0 Å². The van der Waals surface area contributed by atoms with E-state index < -0.39 is 11.9 Å². The van der Waals surface area contributed by atoms with Gasteiger partial charge in [-0.15, -0.1) is 0 Å². The van der Waals surface area contributed by atoms with Crippen LogP contribution in [0.3, 0.4) is 0 Å². The largest absolute Gasteiger partial charge is 0.481 e. The molecule has 0 saturated carbocycles. The minimum atomic E-state index is -0.896. The molecule has 0 fully saturated rings. The van der Waals surface area contributed by atoms with Crippen LogP contribution >= 0.6 is 15.9 Å². The molecule has 1 aromatic carbocycles. The van der Waals surface area contributed by atoms with Gasteiger partial charge in [-0.25, -0.2) is 0 Å². The number of carboxylic acids is 1. The topological polar surface area (TPSA) is 95.5 Å². The number of rotatable bonds is 7. The maximum Gasteiger partial charge on any atom is 0.306 e. The summed E-state index contributed by atoms with van der Waals surface area (Å²) in [6.07, 6.45) is 0.348. The number of carbonyl (C=O) groups is 3. The Morgan fingerprint density at radius 1 is 1.29 bits per heavy atom. The molecule has 0 aliphatic carbocycles. The molecule has 114 valence electrons. The molecule has 0 spiro atoms. The Labute approximate surface area is 131 Å². The van der Waals surface area contributed by atoms with E-state index in [2.05, 4.69) is 26.6 Å². The first-order valence-electron chi connectivity index (χ1n) is 6.43. The average Bonchev–Trinajstić information content (AvgIpc) is 2.44. The van der Waals surface area contributed by atoms with Crippen molar-refractivity contribution in [1.82, 2.24) is 10.6 Å². The van der Waals surface area contributed by atoms with Gasteiger partial charge in [0.2, 0.25) is 5.91 Å². The van der Waals surface area contributed by atoms with Gasteiger partial charge >= 0.3 is 5.97 Å². The highest BCUT2D eigenvalue weighted by molar-refractivity contribution is 9.10. The molecule has 0 aliphatic rings. The van der Waals surface area contributed by atoms with Crippen molar-refractivity contribution in [3.8, 4) is 0 Å². The van der Waals surface area contributed by atoms with E-state index in [1.165, 1.54) is 0 Å². The standard InChI is InChI=1S/C14H17BrN2O4/c1-9(14(20)21)5-6-16-12(18)8-17-13(19)10-3-2-4-11(15)7-10/h2-4,7,9H,5-6,8H2,1H3,(H,16,18)(H,17,19)(H,20,21). The van der Waals surface area contributed by atoms with Gasteiger partial charge in [-0.05, 0) is 24.6 Å². The zero-order valence-electron chi connectivity index (χ0n) is 11.6. The van der Waals surface area contributed by atoms with Crippen molar-refractivity contribution < 1.29 is 19.5 Å². The molecule has 0 bridgehead atoms. The highest BCUT2D eigenvalue weighted by atomic mass is 79.9. The van der Waals surface area contributed by atoms with Crippen LogP contribution in [-0.2, 0) is 9.59 Å². The van der Waals surface area contributed by atoms with Gasteiger partial charge in [-0.3, -0.25) is 14.4 Å². The molecule has 2 amide bonds. The number of aliphatic carboxylic acids is 1. The zero-order chi connectivity index (χ0) is 15.8. The van der Waals surface area contributed by atoms with E-state index in [0.717, 1.165) is 4.47 Å². The van der Waals surface area contributed by atoms with E-state index in [4.69, 9.17) is 5.11 Å². The van der Waals surface area contributed by atoms with E-state index in [1.807, 2.05) is 0 Å². The summed E-state index contributed by atoms with van der Waals surface area (Å²) < 4.78 is 0.780. The third kappa shape index (κ3) is 6.40. The number of halogens is 1. The van der Waals surface area contributed by atoms with Gasteiger partial charge in [0.1, 0.15) is 0 Å². The molecule has 0 aliphatic heterocycles. The predicted octanol–water partition coefficient (Wildman–Crippen LogP) is 1.41. The molecule has 1 atom stereocenters. The maximum absolute atomic E-state index is 11.8. The lowest BCUT2D eigenvalue weighted by Crippen LogP contribution is -2.37. The second-order valence-corrected chi connectivity index (χ2v) is 5.49. The van der Waals surface area contributed by atoms with Crippen molar-refractivity contribution >= 4 is 33.7 Å². The first-order chi connectivity index (χ1) is 9.90. The molecule has 0 aromatic heterocycles. The van der Waals surface area contributed by atoms with Crippen molar-refractivity contribution in [2.45, 2.75) is 13.3 Å². The van der Waals surface area contributed by atoms with Crippen LogP contribution in [0.4, 0.5) is 0 Å². The van der Waals surface area contributed by atoms with Gasteiger partial charge in [0.25, 0.3) is 5.91 Å². The SMILES string of the molecule is CC(CCNC(=O)CNC(=O)c1cccc(Br)c1)C(=O)O. The summed E-state index contributed by atoms with van der Waals surface area (Å²) in [5.41, 5.74) is 0.455. The molecule has 1 aromatic rings. The number of hydrogen-bond donors (Lipinski definition) is 3. The van der Waals surface area contributed by atoms with Crippen LogP contribution in [0.2, 0.25) is 0 Å². The third-order valence-corrected chi connectivity index (χ3v) is 3.31. The van der Waals surface area contributed by atoms with Gasteiger partial charge in [-0.2, -0.15) is 0 Å². The number of amides is 2. The Bertz CT molecular complexity index is 533. The highest BCUT2D eigenvalue weighted by Crippen LogP contribution is 2.11. The zero-order valence-corrected chi connectivity index (χ0v) is 13.1. The average molecular weight is 357 g/mol. The molecular formula is C14H17BrN2O4. The minimum Gasteiger partial charge on any atom is -0.481 e. The smallest absolute Gasteiger partial charge is 0.306 e. The van der Waals surface area contributed by atoms with Crippen LogP contribution in [0, 0.1) is 5.92 Å². The van der Waals surface area contributed by atoms with Crippen molar-refractivity contribution in [2.75, 3.05) is 13.1 Å². The van der Waals surface area contributed by atoms with E-state index >= 15 is 0 Å². The van der Waals surface area contributed by atoms with Crippen molar-refractivity contribution in [3.05, 3.63) is 34.3 Å². The number of carbonyl (C=O) groups excluding carboxylic acids is 2. The monoisotopic (exact) mass is 356 g/mol. The fourth-order valence-electron chi connectivity index (χ4n) is 1.51. The lowest BCUT2D eigenvalue weighted by Gasteiger charge is -2.09. The fraction of sp³-hybridized carbons (Fsp3) is 0.357. The molecule has 7 heteroatoms. The Hall–Kier alpha value is -1.89. The summed E-state index contributed by atoms with van der Waals surface area (Å²) in [4.78, 5) is 33.9. The molecule has 0 saturated heterocycles. The van der Waals surface area contributed by atoms with E-state index in [1.54, 1.807) is 31.2 Å². The predicted molar refractivity (Wildman–Crippen MR) is 80.9 cm³/mol. The molecule has 1 rings (SSSR count). The number of hydrogen-bond acceptors (Lipinski definition) is 3. The molecule has 21 heavy (non-hydrogen) atoms. The van der Waals surface area contributed by atoms with Crippen LogP contribution in [0.15, 0.2) is 28.7 Å². The first-order valence-corrected chi connectivity index (χ1v) is 7.22. The summed E-state index contributed by atoms with van der Waals surface area (Å²) in [7, 11) is 0. The summed E-state index contributed by atoms with van der Waals surface area (Å²) >= 11 is 3.26. The lowest BCUT2D eigenvalue weighted by molar-refractivity contribution is -0.141. The van der Waals surface area contributed by atoms with Gasteiger partial charge in [-0.1, -0.05) is 28.9 Å². The number of carboxylic acid groups (broad SMARTS) is 1. The van der Waals surface area contributed by atoms with Crippen molar-refractivity contribution in [2.24, 2.45) is 5.92 Å². The van der Waals surface area contributed by atoms with E-state index in [9.17, 15) is 14.4 Å². The Morgan fingerprint density at radius 3 is 2.62 bits per heavy atom. The third-order valence-electron chi connectivity index (χ3n) is 2.82. The number of nitrogens with one attached hydrogen (secondary N) is 2. The second-order valence-electron chi connectivity index (χ2n) is 4.57. The van der Waals surface area contributed by atoms with Gasteiger partial charge in [0.05, 0.1) is 12.5 Å². The fourth-order valence-corrected chi connectivity index (χ4v) is 1.91. The normalized spacial score (nSPS) is 11.5. The number of benzene rings is 1. The van der Waals surface area contributed by atoms with Gasteiger partial charge in [0.15, 0.2) is 0 Å². The summed E-state index contributed by atoms with van der Waals surface area (Å²) in [5.74, 6) is -2.10. The van der Waals surface area contributed by atoms with E-state index in [0.29, 0.717) is 12.0 Å². The van der Waals surface area contributed by atoms with Crippen LogP contribution in [0.1, 0.15) is 23.7 Å². The highest BCUT2D eigenvalue weighted by Gasteiger charge is 2.11. The quantitative estimate of drug-likeness (QED) is 0.688. The van der Waals surface area contributed by atoms with Gasteiger partial charge in [0, 0.05) is 16.6 Å². The Balaban J connectivity index is 2.30. The van der Waals surface area contributed by atoms with Crippen LogP contribution in [0.25, 0.3) is 0 Å². The van der Waals surface area contributed by atoms with E-state index in [-0.39, 0.29) is 24.9 Å². The molecule has 6 nitrogen and oxygen atoms in total. The Morgan fingerprint density at radius 2 is 2.00 bits per heavy atom. The molecule has 0 heterocycles. The van der Waals surface area contributed by atoms with Crippen LogP contribution in [-0.4, -0.2) is 36.0 Å². The van der Waals surface area contributed by atoms with Crippen LogP contribution < -0.4 is 10.6 Å². The maximum atomic E-state index is 11.8. The summed E-state index contributed by atoms with van der Waals surface area (Å²) in [5, 5.41) is 13.8. The molecule has 3 N–H and O–H groups in total. The molecule has 1 unspecified atom stereocenters. The Kier molecular flexibility index (Phi) is 6.87. The molecule has 0 radical (unpaired) electrons. The first kappa shape index (κ1) is 17.2. The summed E-state index contributed by atoms with van der Waals surface area (Å²) in [6.45, 7) is 1.69. The lowest BCUT2D eigenvalue weighted by atomic mass is 10.1. The van der Waals surface area contributed by atoms with Gasteiger partial charge < -0.3 is 15.7 Å². The minimum absolute atomic E-state index is 0.146. The summed E-state index contributed by atoms with van der Waals surface area (Å²) in [6, 6.07) is 6.83. The van der Waals surface area contributed by atoms with Crippen LogP contribution in [0.5, 0.6) is 0 Å². The molecular weight excluding hydrogens is 340 g/mol. The van der Waals surface area contributed by atoms with Crippen molar-refractivity contribution in [1.29, 1.82) is 0 Å².